The first-order valence-corrected chi connectivity index (χ1v) is 14.1. The molecule has 5 aromatic carbocycles. The number of aromatic nitrogens is 4. The largest absolute Gasteiger partial charge is 0.436 e. The zero-order chi connectivity index (χ0) is 28.3. The van der Waals surface area contributed by atoms with Crippen molar-refractivity contribution < 1.29 is 8.83 Å². The number of benzene rings is 5. The van der Waals surface area contributed by atoms with E-state index >= 15 is 0 Å². The van der Waals surface area contributed by atoms with Crippen LogP contribution < -0.4 is 0 Å². The summed E-state index contributed by atoms with van der Waals surface area (Å²) in [4.78, 5) is 13.8. The molecule has 9 aromatic rings. The summed E-state index contributed by atoms with van der Waals surface area (Å²) in [6.07, 6.45) is 3.68. The van der Waals surface area contributed by atoms with Crippen molar-refractivity contribution >= 4 is 44.0 Å². The number of hydrogen-bond donors (Lipinski definition) is 0. The average molecular weight is 555 g/mol. The van der Waals surface area contributed by atoms with E-state index in [1.54, 1.807) is 6.20 Å². The van der Waals surface area contributed by atoms with Crippen molar-refractivity contribution in [3.05, 3.63) is 134 Å². The van der Waals surface area contributed by atoms with Crippen LogP contribution in [-0.2, 0) is 0 Å². The molecule has 0 spiro atoms. The van der Waals surface area contributed by atoms with E-state index < -0.39 is 0 Å². The molecule has 0 bridgehead atoms. The summed E-state index contributed by atoms with van der Waals surface area (Å²) in [5.41, 5.74) is 10.5. The van der Waals surface area contributed by atoms with Crippen molar-refractivity contribution in [2.45, 2.75) is 0 Å². The number of oxazole rings is 2. The van der Waals surface area contributed by atoms with Crippen LogP contribution in [-0.4, -0.2) is 19.5 Å². The van der Waals surface area contributed by atoms with Gasteiger partial charge in [0.2, 0.25) is 11.8 Å². The molecule has 4 aromatic heterocycles. The molecule has 0 saturated carbocycles. The van der Waals surface area contributed by atoms with Gasteiger partial charge in [0.1, 0.15) is 11.0 Å². The van der Waals surface area contributed by atoms with Gasteiger partial charge < -0.3 is 13.4 Å². The number of pyridine rings is 1. The van der Waals surface area contributed by atoms with Gasteiger partial charge in [-0.15, -0.1) is 0 Å². The van der Waals surface area contributed by atoms with Crippen molar-refractivity contribution in [1.29, 1.82) is 0 Å². The van der Waals surface area contributed by atoms with Gasteiger partial charge in [0, 0.05) is 40.0 Å². The fraction of sp³-hybridized carbons (Fsp3) is 0. The van der Waals surface area contributed by atoms with Crippen LogP contribution in [0.3, 0.4) is 0 Å². The van der Waals surface area contributed by atoms with Gasteiger partial charge in [-0.25, -0.2) is 9.97 Å². The van der Waals surface area contributed by atoms with Gasteiger partial charge in [0.05, 0.1) is 11.0 Å². The highest BCUT2D eigenvalue weighted by molar-refractivity contribution is 6.11. The zero-order valence-electron chi connectivity index (χ0n) is 22.8. The number of nitrogens with zero attached hydrogens (tertiary/aromatic N) is 4. The molecule has 0 aliphatic heterocycles. The quantitative estimate of drug-likeness (QED) is 0.217. The third-order valence-electron chi connectivity index (χ3n) is 7.97. The van der Waals surface area contributed by atoms with Gasteiger partial charge in [-0.05, 0) is 90.0 Å². The number of rotatable bonds is 4. The van der Waals surface area contributed by atoms with Gasteiger partial charge in [0.15, 0.2) is 11.2 Å². The van der Waals surface area contributed by atoms with Gasteiger partial charge in [-0.2, -0.15) is 0 Å². The van der Waals surface area contributed by atoms with E-state index in [4.69, 9.17) is 18.8 Å². The molecule has 0 aliphatic rings. The Morgan fingerprint density at radius 1 is 0.488 bits per heavy atom. The number of fused-ring (bicyclic) bond motifs is 5. The molecule has 0 fully saturated rings. The SMILES string of the molecule is c1cncc(-c2ccc(-n3c4ccc(-c5nc6ccccc6o5)cc4c4cc(-c5nc6ccccc6o5)ccc43)cc2)c1. The van der Waals surface area contributed by atoms with E-state index in [-0.39, 0.29) is 0 Å². The van der Waals surface area contributed by atoms with Crippen molar-refractivity contribution in [3.8, 4) is 39.7 Å². The third-order valence-corrected chi connectivity index (χ3v) is 7.97. The fourth-order valence-electron chi connectivity index (χ4n) is 5.90. The molecule has 0 N–H and O–H groups in total. The molecular formula is C37H22N4O2. The Morgan fingerprint density at radius 3 is 1.58 bits per heavy atom. The smallest absolute Gasteiger partial charge is 0.227 e. The van der Waals surface area contributed by atoms with Gasteiger partial charge >= 0.3 is 0 Å². The summed E-state index contributed by atoms with van der Waals surface area (Å²) in [7, 11) is 0. The molecule has 0 saturated heterocycles. The van der Waals surface area contributed by atoms with Crippen LogP contribution in [0.5, 0.6) is 0 Å². The van der Waals surface area contributed by atoms with Gasteiger partial charge in [-0.1, -0.05) is 42.5 Å². The van der Waals surface area contributed by atoms with Gasteiger partial charge in [0.25, 0.3) is 0 Å². The summed E-state index contributed by atoms with van der Waals surface area (Å²) in [6.45, 7) is 0. The Kier molecular flexibility index (Phi) is 5.10. The molecular weight excluding hydrogens is 532 g/mol. The lowest BCUT2D eigenvalue weighted by Crippen LogP contribution is -1.94. The minimum Gasteiger partial charge on any atom is -0.436 e. The first-order valence-electron chi connectivity index (χ1n) is 14.1. The first-order chi connectivity index (χ1) is 21.3. The summed E-state index contributed by atoms with van der Waals surface area (Å²) in [5, 5.41) is 2.17. The predicted molar refractivity (Wildman–Crippen MR) is 170 cm³/mol. The van der Waals surface area contributed by atoms with Gasteiger partial charge in [-0.3, -0.25) is 4.98 Å². The minimum absolute atomic E-state index is 0.597. The Morgan fingerprint density at radius 2 is 1.05 bits per heavy atom. The van der Waals surface area contributed by atoms with E-state index in [9.17, 15) is 0 Å². The topological polar surface area (TPSA) is 69.9 Å². The normalized spacial score (nSPS) is 11.7. The minimum atomic E-state index is 0.597. The highest BCUT2D eigenvalue weighted by Gasteiger charge is 2.18. The third kappa shape index (κ3) is 3.85. The lowest BCUT2D eigenvalue weighted by molar-refractivity contribution is 0.619. The van der Waals surface area contributed by atoms with E-state index in [2.05, 4.69) is 76.3 Å². The average Bonchev–Trinajstić information content (AvgIpc) is 3.78. The highest BCUT2D eigenvalue weighted by Crippen LogP contribution is 2.38. The number of para-hydroxylation sites is 4. The monoisotopic (exact) mass is 554 g/mol. The maximum Gasteiger partial charge on any atom is 0.227 e. The summed E-state index contributed by atoms with van der Waals surface area (Å²) in [5.74, 6) is 1.19. The fourth-order valence-corrected chi connectivity index (χ4v) is 5.90. The summed E-state index contributed by atoms with van der Waals surface area (Å²) < 4.78 is 14.6. The molecule has 6 nitrogen and oxygen atoms in total. The molecule has 0 radical (unpaired) electrons. The van der Waals surface area contributed by atoms with Crippen LogP contribution >= 0.6 is 0 Å². The second kappa shape index (κ2) is 9.26. The molecule has 0 unspecified atom stereocenters. The van der Waals surface area contributed by atoms with E-state index in [0.717, 1.165) is 71.9 Å². The van der Waals surface area contributed by atoms with Crippen LogP contribution in [0.15, 0.2) is 143 Å². The molecule has 4 heterocycles. The summed E-state index contributed by atoms with van der Waals surface area (Å²) >= 11 is 0. The number of hydrogen-bond acceptors (Lipinski definition) is 5. The molecule has 0 aliphatic carbocycles. The maximum atomic E-state index is 6.14. The molecule has 0 amide bonds. The molecule has 43 heavy (non-hydrogen) atoms. The standard InChI is InChI=1S/C37H22N4O2/c1-3-9-34-30(7-1)39-36(42-34)24-13-17-32-28(20-24)29-21-25(37-40-31-8-2-4-10-35(31)43-37)14-18-33(29)41(32)27-15-11-23(12-16-27)26-6-5-19-38-22-26/h1-22H. The Hall–Kier alpha value is -6.01. The molecule has 0 atom stereocenters. The van der Waals surface area contributed by atoms with E-state index in [1.807, 2.05) is 60.8 Å². The van der Waals surface area contributed by atoms with Crippen LogP contribution in [0, 0.1) is 0 Å². The van der Waals surface area contributed by atoms with Crippen LogP contribution in [0.2, 0.25) is 0 Å². The predicted octanol–water partition coefficient (Wildman–Crippen LogP) is 9.46. The lowest BCUT2D eigenvalue weighted by atomic mass is 10.1. The first kappa shape index (κ1) is 23.7. The van der Waals surface area contributed by atoms with Crippen molar-refractivity contribution in [2.75, 3.05) is 0 Å². The maximum absolute atomic E-state index is 6.14. The van der Waals surface area contributed by atoms with E-state index in [0.29, 0.717) is 11.8 Å². The second-order valence-corrected chi connectivity index (χ2v) is 10.6. The van der Waals surface area contributed by atoms with Crippen LogP contribution in [0.25, 0.3) is 83.7 Å². The highest BCUT2D eigenvalue weighted by atomic mass is 16.4. The molecule has 9 rings (SSSR count). The molecule has 6 heteroatoms. The van der Waals surface area contributed by atoms with Crippen LogP contribution in [0.4, 0.5) is 0 Å². The van der Waals surface area contributed by atoms with Crippen molar-refractivity contribution in [1.82, 2.24) is 19.5 Å². The van der Waals surface area contributed by atoms with E-state index in [1.165, 1.54) is 0 Å². The Labute approximate surface area is 245 Å². The second-order valence-electron chi connectivity index (χ2n) is 10.6. The lowest BCUT2D eigenvalue weighted by Gasteiger charge is -2.09. The Balaban J connectivity index is 1.25. The van der Waals surface area contributed by atoms with Crippen LogP contribution in [0.1, 0.15) is 0 Å². The zero-order valence-corrected chi connectivity index (χ0v) is 22.8. The molecule has 202 valence electrons. The van der Waals surface area contributed by atoms with Crippen molar-refractivity contribution in [2.24, 2.45) is 0 Å². The van der Waals surface area contributed by atoms with Crippen molar-refractivity contribution in [3.63, 3.8) is 0 Å². The Bertz CT molecular complexity index is 2250. The summed E-state index contributed by atoms with van der Waals surface area (Å²) in [6, 6.07) is 41.1.